The van der Waals surface area contributed by atoms with Gasteiger partial charge in [0.1, 0.15) is 0 Å². The van der Waals surface area contributed by atoms with Gasteiger partial charge in [-0.2, -0.15) is 13.2 Å². The van der Waals surface area contributed by atoms with E-state index in [1.165, 1.54) is 0 Å². The van der Waals surface area contributed by atoms with Gasteiger partial charge in [0.15, 0.2) is 0 Å². The van der Waals surface area contributed by atoms with Crippen LogP contribution in [0.15, 0.2) is 39.3 Å². The summed E-state index contributed by atoms with van der Waals surface area (Å²) in [6.07, 6.45) is -4.87. The Kier molecular flexibility index (Phi) is 7.80. The maximum atomic E-state index is 12.7. The van der Waals surface area contributed by atoms with E-state index in [4.69, 9.17) is 11.6 Å². The molecule has 0 aliphatic carbocycles. The van der Waals surface area contributed by atoms with Crippen molar-refractivity contribution in [2.75, 3.05) is 36.4 Å². The number of anilines is 2. The minimum atomic E-state index is -4.87. The summed E-state index contributed by atoms with van der Waals surface area (Å²) in [5.74, 6) is -2.14. The van der Waals surface area contributed by atoms with Gasteiger partial charge in [-0.1, -0.05) is 27.5 Å². The van der Waals surface area contributed by atoms with Crippen molar-refractivity contribution in [3.63, 3.8) is 0 Å². The third-order valence-corrected chi connectivity index (χ3v) is 7.88. The summed E-state index contributed by atoms with van der Waals surface area (Å²) < 4.78 is 40.1. The third kappa shape index (κ3) is 5.85. The first kappa shape index (κ1) is 24.6. The standard InChI is InChI=1S/C19H14Br2ClF3IN3O2/c20-10-7-12(16(26)13(21)8-10)17(30)27-11-1-2-15(14(22)9-11)28-3-5-29(6-4-28)18(31)19(23,24)25/h1-2,7-9H,3-6H2,(H,27,30). The second-order valence-electron chi connectivity index (χ2n) is 6.65. The minimum absolute atomic E-state index is 0.0522. The fourth-order valence-electron chi connectivity index (χ4n) is 3.09. The van der Waals surface area contributed by atoms with Crippen molar-refractivity contribution in [3.8, 4) is 0 Å². The zero-order chi connectivity index (χ0) is 22.9. The normalized spacial score (nSPS) is 14.5. The molecule has 2 aromatic rings. The second kappa shape index (κ2) is 9.84. The highest BCUT2D eigenvalue weighted by atomic mass is 127. The molecule has 0 atom stereocenters. The molecular weight excluding hydrogens is 681 g/mol. The van der Waals surface area contributed by atoms with Gasteiger partial charge in [-0.3, -0.25) is 9.59 Å². The fourth-order valence-corrected chi connectivity index (χ4v) is 5.17. The lowest BCUT2D eigenvalue weighted by Gasteiger charge is -2.36. The van der Waals surface area contributed by atoms with Gasteiger partial charge in [0.25, 0.3) is 5.91 Å². The number of halogens is 7. The van der Waals surface area contributed by atoms with Crippen LogP contribution in [-0.4, -0.2) is 49.1 Å². The minimum Gasteiger partial charge on any atom is -0.367 e. The summed E-state index contributed by atoms with van der Waals surface area (Å²) in [6, 6.07) is 8.50. The van der Waals surface area contributed by atoms with Gasteiger partial charge in [-0.05, 0) is 68.9 Å². The lowest BCUT2D eigenvalue weighted by Crippen LogP contribution is -2.52. The Hall–Kier alpha value is -1.05. The van der Waals surface area contributed by atoms with Gasteiger partial charge in [0, 0.05) is 44.4 Å². The molecule has 12 heteroatoms. The van der Waals surface area contributed by atoms with E-state index in [0.717, 1.165) is 17.4 Å². The Balaban J connectivity index is 1.69. The van der Waals surface area contributed by atoms with Gasteiger partial charge in [0.2, 0.25) is 0 Å². The molecular formula is C19H14Br2ClF3IN3O2. The van der Waals surface area contributed by atoms with Crippen LogP contribution >= 0.6 is 66.1 Å². The quantitative estimate of drug-likeness (QED) is 0.320. The summed E-state index contributed by atoms with van der Waals surface area (Å²) in [4.78, 5) is 26.6. The summed E-state index contributed by atoms with van der Waals surface area (Å²) in [7, 11) is 0. The van der Waals surface area contributed by atoms with Crippen molar-refractivity contribution < 1.29 is 22.8 Å². The summed E-state index contributed by atoms with van der Waals surface area (Å²) in [5.41, 5.74) is 1.59. The van der Waals surface area contributed by atoms with Crippen LogP contribution in [0.25, 0.3) is 0 Å². The molecule has 3 rings (SSSR count). The zero-order valence-electron chi connectivity index (χ0n) is 15.6. The first-order chi connectivity index (χ1) is 14.5. The van der Waals surface area contributed by atoms with Crippen molar-refractivity contribution in [2.24, 2.45) is 0 Å². The molecule has 0 saturated carbocycles. The van der Waals surface area contributed by atoms with Crippen molar-refractivity contribution in [3.05, 3.63) is 53.4 Å². The van der Waals surface area contributed by atoms with Crippen LogP contribution in [0.1, 0.15) is 10.4 Å². The molecule has 31 heavy (non-hydrogen) atoms. The van der Waals surface area contributed by atoms with E-state index < -0.39 is 12.1 Å². The van der Waals surface area contributed by atoms with Gasteiger partial charge in [-0.25, -0.2) is 0 Å². The lowest BCUT2D eigenvalue weighted by atomic mass is 10.2. The molecule has 5 nitrogen and oxygen atoms in total. The summed E-state index contributed by atoms with van der Waals surface area (Å²) in [6.45, 7) is 0.335. The number of hydrogen-bond acceptors (Lipinski definition) is 3. The largest absolute Gasteiger partial charge is 0.471 e. The Labute approximate surface area is 211 Å². The van der Waals surface area contributed by atoms with Gasteiger partial charge < -0.3 is 15.1 Å². The molecule has 1 heterocycles. The number of rotatable bonds is 3. The molecule has 1 aliphatic heterocycles. The first-order valence-corrected chi connectivity index (χ1v) is 11.9. The third-order valence-electron chi connectivity index (χ3n) is 4.59. The smallest absolute Gasteiger partial charge is 0.367 e. The molecule has 0 unspecified atom stereocenters. The number of nitrogens with one attached hydrogen (secondary N) is 1. The van der Waals surface area contributed by atoms with Crippen LogP contribution in [0.3, 0.4) is 0 Å². The molecule has 1 fully saturated rings. The molecule has 1 aliphatic rings. The highest BCUT2D eigenvalue weighted by Gasteiger charge is 2.43. The molecule has 1 saturated heterocycles. The van der Waals surface area contributed by atoms with Crippen LogP contribution in [0.4, 0.5) is 24.5 Å². The molecule has 2 aromatic carbocycles. The SMILES string of the molecule is O=C(Nc1ccc(N2CCN(C(=O)C(F)(F)F)CC2)c(Cl)c1)c1cc(Br)cc(Br)c1I. The van der Waals surface area contributed by atoms with Crippen LogP contribution in [0, 0.1) is 3.57 Å². The van der Waals surface area contributed by atoms with Crippen LogP contribution in [-0.2, 0) is 4.79 Å². The van der Waals surface area contributed by atoms with Crippen LogP contribution in [0.5, 0.6) is 0 Å². The van der Waals surface area contributed by atoms with E-state index in [0.29, 0.717) is 22.0 Å². The van der Waals surface area contributed by atoms with E-state index in [2.05, 4.69) is 59.8 Å². The second-order valence-corrected chi connectivity index (χ2v) is 9.90. The number of benzene rings is 2. The molecule has 0 bridgehead atoms. The van der Waals surface area contributed by atoms with Gasteiger partial charge in [0.05, 0.1) is 16.3 Å². The van der Waals surface area contributed by atoms with Crippen molar-refractivity contribution >= 4 is 89.2 Å². The first-order valence-electron chi connectivity index (χ1n) is 8.84. The zero-order valence-corrected chi connectivity index (χ0v) is 21.7. The summed E-state index contributed by atoms with van der Waals surface area (Å²) in [5, 5.41) is 3.14. The highest BCUT2D eigenvalue weighted by Crippen LogP contribution is 2.32. The number of alkyl halides is 3. The van der Waals surface area contributed by atoms with Crippen molar-refractivity contribution in [2.45, 2.75) is 6.18 Å². The molecule has 166 valence electrons. The van der Waals surface area contributed by atoms with E-state index in [9.17, 15) is 22.8 Å². The molecule has 0 spiro atoms. The molecule has 2 amide bonds. The Morgan fingerprint density at radius 1 is 1.06 bits per heavy atom. The van der Waals surface area contributed by atoms with Crippen LogP contribution in [0.2, 0.25) is 5.02 Å². The van der Waals surface area contributed by atoms with Crippen molar-refractivity contribution in [1.82, 2.24) is 4.90 Å². The molecule has 0 radical (unpaired) electrons. The van der Waals surface area contributed by atoms with E-state index >= 15 is 0 Å². The lowest BCUT2D eigenvalue weighted by molar-refractivity contribution is -0.185. The number of carbonyl (C=O) groups excluding carboxylic acids is 2. The van der Waals surface area contributed by atoms with Gasteiger partial charge in [-0.15, -0.1) is 0 Å². The predicted molar refractivity (Wildman–Crippen MR) is 129 cm³/mol. The fraction of sp³-hybridized carbons (Fsp3) is 0.263. The maximum absolute atomic E-state index is 12.7. The Bertz CT molecular complexity index is 1030. The average molecular weight is 695 g/mol. The molecule has 0 aromatic heterocycles. The monoisotopic (exact) mass is 693 g/mol. The molecule has 1 N–H and O–H groups in total. The number of nitrogens with zero attached hydrogens (tertiary/aromatic N) is 2. The van der Waals surface area contributed by atoms with E-state index in [1.54, 1.807) is 24.3 Å². The number of piperazine rings is 1. The predicted octanol–water partition coefficient (Wildman–Crippen LogP) is 5.93. The highest BCUT2D eigenvalue weighted by molar-refractivity contribution is 14.1. The van der Waals surface area contributed by atoms with E-state index in [1.807, 2.05) is 11.0 Å². The topological polar surface area (TPSA) is 52.7 Å². The maximum Gasteiger partial charge on any atom is 0.471 e. The van der Waals surface area contributed by atoms with Gasteiger partial charge >= 0.3 is 12.1 Å². The number of hydrogen-bond donors (Lipinski definition) is 1. The number of amides is 2. The average Bonchev–Trinajstić information content (AvgIpc) is 2.69. The van der Waals surface area contributed by atoms with E-state index in [-0.39, 0.29) is 32.1 Å². The summed E-state index contributed by atoms with van der Waals surface area (Å²) >= 11 is 15.2. The Morgan fingerprint density at radius 2 is 1.71 bits per heavy atom. The van der Waals surface area contributed by atoms with Crippen LogP contribution < -0.4 is 10.2 Å². The number of carbonyl (C=O) groups is 2. The van der Waals surface area contributed by atoms with Crippen molar-refractivity contribution in [1.29, 1.82) is 0 Å². The Morgan fingerprint density at radius 3 is 2.29 bits per heavy atom.